The van der Waals surface area contributed by atoms with Crippen molar-refractivity contribution in [2.24, 2.45) is 5.92 Å². The molecular formula is C16H28N2O2. The highest BCUT2D eigenvalue weighted by molar-refractivity contribution is 5.15. The van der Waals surface area contributed by atoms with Crippen molar-refractivity contribution in [3.63, 3.8) is 0 Å². The first kappa shape index (κ1) is 16.9. The van der Waals surface area contributed by atoms with E-state index in [9.17, 15) is 0 Å². The lowest BCUT2D eigenvalue weighted by atomic mass is 10.2. The minimum atomic E-state index is 0.555. The van der Waals surface area contributed by atoms with Crippen LogP contribution in [0.4, 0.5) is 0 Å². The van der Waals surface area contributed by atoms with E-state index in [1.54, 1.807) is 0 Å². The van der Waals surface area contributed by atoms with E-state index in [0.29, 0.717) is 25.0 Å². The minimum Gasteiger partial charge on any atom is -0.475 e. The van der Waals surface area contributed by atoms with Crippen molar-refractivity contribution in [1.29, 1.82) is 0 Å². The number of pyridine rings is 1. The number of ether oxygens (including phenoxy) is 2. The predicted molar refractivity (Wildman–Crippen MR) is 82.0 cm³/mol. The van der Waals surface area contributed by atoms with Crippen LogP contribution in [0.25, 0.3) is 0 Å². The van der Waals surface area contributed by atoms with Gasteiger partial charge in [-0.1, -0.05) is 33.3 Å². The van der Waals surface area contributed by atoms with Crippen molar-refractivity contribution in [3.05, 3.63) is 23.9 Å². The molecule has 114 valence electrons. The van der Waals surface area contributed by atoms with E-state index in [-0.39, 0.29) is 0 Å². The molecule has 0 aliphatic heterocycles. The molecule has 0 spiro atoms. The van der Waals surface area contributed by atoms with E-state index in [0.717, 1.165) is 38.2 Å². The Bertz CT molecular complexity index is 356. The molecule has 0 bridgehead atoms. The second-order valence-corrected chi connectivity index (χ2v) is 5.31. The molecule has 0 radical (unpaired) electrons. The van der Waals surface area contributed by atoms with Crippen molar-refractivity contribution in [1.82, 2.24) is 10.3 Å². The number of nitrogens with one attached hydrogen (secondary N) is 1. The van der Waals surface area contributed by atoms with Crippen LogP contribution in [0, 0.1) is 5.92 Å². The third-order valence-corrected chi connectivity index (χ3v) is 2.76. The average Bonchev–Trinajstić information content (AvgIpc) is 2.43. The molecule has 0 aliphatic carbocycles. The van der Waals surface area contributed by atoms with Gasteiger partial charge in [-0.05, 0) is 24.9 Å². The van der Waals surface area contributed by atoms with Gasteiger partial charge in [-0.3, -0.25) is 0 Å². The molecule has 0 unspecified atom stereocenters. The first-order valence-corrected chi connectivity index (χ1v) is 7.59. The summed E-state index contributed by atoms with van der Waals surface area (Å²) < 4.78 is 11.0. The Balaban J connectivity index is 2.22. The SMILES string of the molecule is CCCCOCCOc1cccc(CNCC(C)C)n1. The van der Waals surface area contributed by atoms with Crippen molar-refractivity contribution >= 4 is 0 Å². The molecule has 0 atom stereocenters. The van der Waals surface area contributed by atoms with Gasteiger partial charge in [0.15, 0.2) is 0 Å². The van der Waals surface area contributed by atoms with Gasteiger partial charge >= 0.3 is 0 Å². The Morgan fingerprint density at radius 1 is 1.20 bits per heavy atom. The topological polar surface area (TPSA) is 43.4 Å². The average molecular weight is 280 g/mol. The fourth-order valence-corrected chi connectivity index (χ4v) is 1.68. The third-order valence-electron chi connectivity index (χ3n) is 2.76. The summed E-state index contributed by atoms with van der Waals surface area (Å²) in [7, 11) is 0. The van der Waals surface area contributed by atoms with E-state index in [1.165, 1.54) is 0 Å². The maximum Gasteiger partial charge on any atom is 0.213 e. The van der Waals surface area contributed by atoms with Crippen LogP contribution in [0.3, 0.4) is 0 Å². The lowest BCUT2D eigenvalue weighted by molar-refractivity contribution is 0.0964. The number of nitrogens with zero attached hydrogens (tertiary/aromatic N) is 1. The second kappa shape index (κ2) is 10.6. The first-order chi connectivity index (χ1) is 9.72. The first-order valence-electron chi connectivity index (χ1n) is 7.59. The van der Waals surface area contributed by atoms with Crippen LogP contribution in [0.1, 0.15) is 39.3 Å². The third kappa shape index (κ3) is 8.12. The quantitative estimate of drug-likeness (QED) is 0.633. The van der Waals surface area contributed by atoms with Crippen molar-refractivity contribution in [3.8, 4) is 5.88 Å². The molecule has 0 amide bonds. The summed E-state index contributed by atoms with van der Waals surface area (Å²) in [6.07, 6.45) is 2.27. The summed E-state index contributed by atoms with van der Waals surface area (Å²) in [4.78, 5) is 4.46. The predicted octanol–water partition coefficient (Wildman–Crippen LogP) is 3.02. The Morgan fingerprint density at radius 2 is 2.05 bits per heavy atom. The van der Waals surface area contributed by atoms with E-state index < -0.39 is 0 Å². The fourth-order valence-electron chi connectivity index (χ4n) is 1.68. The number of hydrogen-bond donors (Lipinski definition) is 1. The Labute approximate surface area is 122 Å². The Kier molecular flexibility index (Phi) is 9.00. The van der Waals surface area contributed by atoms with Crippen molar-refractivity contribution in [2.75, 3.05) is 26.4 Å². The van der Waals surface area contributed by atoms with Crippen LogP contribution < -0.4 is 10.1 Å². The zero-order valence-corrected chi connectivity index (χ0v) is 13.0. The van der Waals surface area contributed by atoms with E-state index in [1.807, 2.05) is 18.2 Å². The Morgan fingerprint density at radius 3 is 2.80 bits per heavy atom. The summed E-state index contributed by atoms with van der Waals surface area (Å²) in [5.41, 5.74) is 1.01. The molecule has 1 aromatic rings. The van der Waals surface area contributed by atoms with Gasteiger partial charge in [-0.2, -0.15) is 0 Å². The van der Waals surface area contributed by atoms with E-state index >= 15 is 0 Å². The lowest BCUT2D eigenvalue weighted by Crippen LogP contribution is -2.19. The highest BCUT2D eigenvalue weighted by Gasteiger charge is 2.00. The molecular weight excluding hydrogens is 252 g/mol. The molecule has 1 aromatic heterocycles. The maximum absolute atomic E-state index is 5.59. The van der Waals surface area contributed by atoms with Crippen LogP contribution in [0.2, 0.25) is 0 Å². The van der Waals surface area contributed by atoms with Gasteiger partial charge in [-0.25, -0.2) is 4.98 Å². The monoisotopic (exact) mass is 280 g/mol. The maximum atomic E-state index is 5.59. The Hall–Kier alpha value is -1.13. The molecule has 1 rings (SSSR count). The van der Waals surface area contributed by atoms with Crippen LogP contribution >= 0.6 is 0 Å². The molecule has 0 saturated carbocycles. The number of hydrogen-bond acceptors (Lipinski definition) is 4. The molecule has 0 aromatic carbocycles. The summed E-state index contributed by atoms with van der Waals surface area (Å²) in [6.45, 7) is 10.3. The number of unbranched alkanes of at least 4 members (excludes halogenated alkanes) is 1. The summed E-state index contributed by atoms with van der Waals surface area (Å²) in [6, 6.07) is 5.88. The van der Waals surface area contributed by atoms with Gasteiger partial charge in [0.05, 0.1) is 12.3 Å². The molecule has 1 heterocycles. The largest absolute Gasteiger partial charge is 0.475 e. The molecule has 0 fully saturated rings. The van der Waals surface area contributed by atoms with Gasteiger partial charge in [0.25, 0.3) is 0 Å². The standard InChI is InChI=1S/C16H28N2O2/c1-4-5-9-19-10-11-20-16-8-6-7-15(18-16)13-17-12-14(2)3/h6-8,14,17H,4-5,9-13H2,1-3H3. The number of rotatable bonds is 11. The van der Waals surface area contributed by atoms with Gasteiger partial charge in [0, 0.05) is 19.2 Å². The molecule has 4 nitrogen and oxygen atoms in total. The molecule has 0 aliphatic rings. The molecule has 1 N–H and O–H groups in total. The molecule has 0 saturated heterocycles. The van der Waals surface area contributed by atoms with E-state index in [4.69, 9.17) is 9.47 Å². The summed E-state index contributed by atoms with van der Waals surface area (Å²) in [5.74, 6) is 1.32. The zero-order valence-electron chi connectivity index (χ0n) is 13.0. The fraction of sp³-hybridized carbons (Fsp3) is 0.688. The zero-order chi connectivity index (χ0) is 14.6. The smallest absolute Gasteiger partial charge is 0.213 e. The van der Waals surface area contributed by atoms with Crippen LogP contribution in [-0.2, 0) is 11.3 Å². The van der Waals surface area contributed by atoms with Crippen LogP contribution in [-0.4, -0.2) is 31.3 Å². The lowest BCUT2D eigenvalue weighted by Gasteiger charge is -2.09. The van der Waals surface area contributed by atoms with Gasteiger partial charge < -0.3 is 14.8 Å². The second-order valence-electron chi connectivity index (χ2n) is 5.31. The van der Waals surface area contributed by atoms with Gasteiger partial charge in [0.2, 0.25) is 5.88 Å². The van der Waals surface area contributed by atoms with Crippen LogP contribution in [0.5, 0.6) is 5.88 Å². The molecule has 4 heteroatoms. The highest BCUT2D eigenvalue weighted by Crippen LogP contribution is 2.07. The van der Waals surface area contributed by atoms with Crippen LogP contribution in [0.15, 0.2) is 18.2 Å². The number of aromatic nitrogens is 1. The van der Waals surface area contributed by atoms with Crippen molar-refractivity contribution in [2.45, 2.75) is 40.2 Å². The summed E-state index contributed by atoms with van der Waals surface area (Å²) >= 11 is 0. The van der Waals surface area contributed by atoms with Gasteiger partial charge in [0.1, 0.15) is 6.61 Å². The highest BCUT2D eigenvalue weighted by atomic mass is 16.5. The van der Waals surface area contributed by atoms with Gasteiger partial charge in [-0.15, -0.1) is 0 Å². The minimum absolute atomic E-state index is 0.555. The van der Waals surface area contributed by atoms with Crippen molar-refractivity contribution < 1.29 is 9.47 Å². The molecule has 20 heavy (non-hydrogen) atoms. The normalized spacial score (nSPS) is 11.0. The summed E-state index contributed by atoms with van der Waals surface area (Å²) in [5, 5.41) is 3.38. The van der Waals surface area contributed by atoms with E-state index in [2.05, 4.69) is 31.1 Å².